The van der Waals surface area contributed by atoms with Gasteiger partial charge in [0.15, 0.2) is 0 Å². The highest BCUT2D eigenvalue weighted by atomic mass is 16.5. The van der Waals surface area contributed by atoms with Crippen molar-refractivity contribution in [2.75, 3.05) is 18.5 Å². The molecule has 2 heterocycles. The van der Waals surface area contributed by atoms with Gasteiger partial charge in [0, 0.05) is 37.5 Å². The zero-order valence-corrected chi connectivity index (χ0v) is 16.1. The molecule has 0 aromatic heterocycles. The summed E-state index contributed by atoms with van der Waals surface area (Å²) in [6, 6.07) is 5.68. The number of aliphatic carboxylic acids is 1. The van der Waals surface area contributed by atoms with E-state index >= 15 is 0 Å². The highest BCUT2D eigenvalue weighted by molar-refractivity contribution is 5.94. The molecule has 1 aromatic carbocycles. The summed E-state index contributed by atoms with van der Waals surface area (Å²) in [6.07, 6.45) is 5.79. The number of carbonyl (C=O) groups is 3. The van der Waals surface area contributed by atoms with Crippen molar-refractivity contribution in [3.63, 3.8) is 0 Å². The largest absolute Gasteiger partial charge is 0.494 e. The summed E-state index contributed by atoms with van der Waals surface area (Å²) in [6.45, 7) is 1.17. The number of nitrogens with zero attached hydrogens (tertiary/aromatic N) is 1. The number of carboxylic acids is 1. The second kappa shape index (κ2) is 9.57. The average Bonchev–Trinajstić information content (AvgIpc) is 2.69. The lowest BCUT2D eigenvalue weighted by atomic mass is 9.97. The molecule has 1 atom stereocenters. The Hall–Kier alpha value is -2.57. The van der Waals surface area contributed by atoms with Crippen molar-refractivity contribution in [1.82, 2.24) is 4.90 Å². The van der Waals surface area contributed by atoms with Gasteiger partial charge in [-0.15, -0.1) is 0 Å². The molecule has 0 bridgehead atoms. The minimum atomic E-state index is -0.809. The molecule has 1 unspecified atom stereocenters. The van der Waals surface area contributed by atoms with E-state index in [2.05, 4.69) is 5.32 Å². The third kappa shape index (κ3) is 5.47. The standard InChI is InChI=1S/C21H28N2O5/c24-19-10-6-15-14-17(8-9-18(15)22-19)28-13-3-5-20(25)23-12-2-1-4-16(23)7-11-21(26)27/h8-9,14,16H,1-7,10-13H2,(H,22,24)(H,26,27). The van der Waals surface area contributed by atoms with E-state index < -0.39 is 5.97 Å². The summed E-state index contributed by atoms with van der Waals surface area (Å²) in [5.74, 6) is 0.0709. The molecule has 2 aliphatic heterocycles. The highest BCUT2D eigenvalue weighted by Crippen LogP contribution is 2.27. The van der Waals surface area contributed by atoms with Crippen LogP contribution < -0.4 is 10.1 Å². The number of hydrogen-bond donors (Lipinski definition) is 2. The summed E-state index contributed by atoms with van der Waals surface area (Å²) in [5.41, 5.74) is 1.92. The SMILES string of the molecule is O=C(O)CCC1CCCCN1C(=O)CCCOc1ccc2c(c1)CCC(=O)N2. The van der Waals surface area contributed by atoms with Crippen LogP contribution in [0, 0.1) is 0 Å². The maximum Gasteiger partial charge on any atom is 0.303 e. The van der Waals surface area contributed by atoms with E-state index in [1.807, 2.05) is 23.1 Å². The maximum atomic E-state index is 12.6. The smallest absolute Gasteiger partial charge is 0.303 e. The first-order chi connectivity index (χ1) is 13.5. The zero-order chi connectivity index (χ0) is 19.9. The van der Waals surface area contributed by atoms with E-state index in [9.17, 15) is 14.4 Å². The number of anilines is 1. The molecule has 1 saturated heterocycles. The number of benzene rings is 1. The molecule has 152 valence electrons. The van der Waals surface area contributed by atoms with Crippen LogP contribution in [0.1, 0.15) is 56.9 Å². The molecule has 3 rings (SSSR count). The minimum Gasteiger partial charge on any atom is -0.494 e. The van der Waals surface area contributed by atoms with E-state index in [0.29, 0.717) is 38.7 Å². The Morgan fingerprint density at radius 3 is 2.89 bits per heavy atom. The maximum absolute atomic E-state index is 12.6. The van der Waals surface area contributed by atoms with Crippen LogP contribution in [0.4, 0.5) is 5.69 Å². The molecule has 1 fully saturated rings. The molecule has 1 aromatic rings. The molecule has 2 N–H and O–H groups in total. The van der Waals surface area contributed by atoms with E-state index in [1.54, 1.807) is 0 Å². The first-order valence-electron chi connectivity index (χ1n) is 10.1. The lowest BCUT2D eigenvalue weighted by Gasteiger charge is -2.35. The van der Waals surface area contributed by atoms with Gasteiger partial charge in [0.05, 0.1) is 6.61 Å². The lowest BCUT2D eigenvalue weighted by molar-refractivity contribution is -0.140. The minimum absolute atomic E-state index is 0.0408. The first-order valence-corrected chi connectivity index (χ1v) is 10.1. The zero-order valence-electron chi connectivity index (χ0n) is 16.1. The number of fused-ring (bicyclic) bond motifs is 1. The normalized spacial score (nSPS) is 18.9. The monoisotopic (exact) mass is 388 g/mol. The second-order valence-electron chi connectivity index (χ2n) is 7.49. The van der Waals surface area contributed by atoms with E-state index in [-0.39, 0.29) is 24.3 Å². The van der Waals surface area contributed by atoms with Crippen LogP contribution >= 0.6 is 0 Å². The van der Waals surface area contributed by atoms with Crippen molar-refractivity contribution in [3.05, 3.63) is 23.8 Å². The summed E-state index contributed by atoms with van der Waals surface area (Å²) < 4.78 is 5.78. The van der Waals surface area contributed by atoms with Gasteiger partial charge in [0.25, 0.3) is 0 Å². The molecule has 28 heavy (non-hydrogen) atoms. The van der Waals surface area contributed by atoms with Crippen molar-refractivity contribution in [3.8, 4) is 5.75 Å². The second-order valence-corrected chi connectivity index (χ2v) is 7.49. The molecule has 0 aliphatic carbocycles. The van der Waals surface area contributed by atoms with Gasteiger partial charge in [0.1, 0.15) is 5.75 Å². The molecular formula is C21H28N2O5. The molecule has 7 heteroatoms. The van der Waals surface area contributed by atoms with Gasteiger partial charge >= 0.3 is 5.97 Å². The van der Waals surface area contributed by atoms with Crippen LogP contribution in [-0.2, 0) is 20.8 Å². The average molecular weight is 388 g/mol. The summed E-state index contributed by atoms with van der Waals surface area (Å²) >= 11 is 0. The third-order valence-corrected chi connectivity index (χ3v) is 5.41. The predicted molar refractivity (Wildman–Crippen MR) is 104 cm³/mol. The van der Waals surface area contributed by atoms with Gasteiger partial charge in [-0.1, -0.05) is 0 Å². The van der Waals surface area contributed by atoms with Crippen molar-refractivity contribution in [1.29, 1.82) is 0 Å². The predicted octanol–water partition coefficient (Wildman–Crippen LogP) is 2.98. The number of rotatable bonds is 8. The number of carboxylic acid groups (broad SMARTS) is 1. The van der Waals surface area contributed by atoms with Gasteiger partial charge in [-0.05, 0) is 62.3 Å². The molecule has 2 amide bonds. The van der Waals surface area contributed by atoms with Crippen molar-refractivity contribution < 1.29 is 24.2 Å². The van der Waals surface area contributed by atoms with Gasteiger partial charge in [-0.3, -0.25) is 14.4 Å². The third-order valence-electron chi connectivity index (χ3n) is 5.41. The summed E-state index contributed by atoms with van der Waals surface area (Å²) in [7, 11) is 0. The van der Waals surface area contributed by atoms with E-state index in [0.717, 1.165) is 42.8 Å². The molecule has 0 radical (unpaired) electrons. The molecule has 0 spiro atoms. The summed E-state index contributed by atoms with van der Waals surface area (Å²) in [4.78, 5) is 36.7. The fourth-order valence-electron chi connectivity index (χ4n) is 3.93. The Bertz CT molecular complexity index is 734. The first kappa shape index (κ1) is 20.2. The van der Waals surface area contributed by atoms with Gasteiger partial charge in [0.2, 0.25) is 11.8 Å². The fourth-order valence-corrected chi connectivity index (χ4v) is 3.93. The van der Waals surface area contributed by atoms with Crippen LogP contribution in [0.2, 0.25) is 0 Å². The van der Waals surface area contributed by atoms with Crippen LogP contribution in [-0.4, -0.2) is 47.0 Å². The Balaban J connectivity index is 1.43. The van der Waals surface area contributed by atoms with Crippen LogP contribution in [0.25, 0.3) is 0 Å². The topological polar surface area (TPSA) is 95.9 Å². The fraction of sp³-hybridized carbons (Fsp3) is 0.571. The van der Waals surface area contributed by atoms with Crippen molar-refractivity contribution in [2.24, 2.45) is 0 Å². The number of aryl methyl sites for hydroxylation is 1. The Morgan fingerprint density at radius 2 is 2.07 bits per heavy atom. The number of nitrogens with one attached hydrogen (secondary N) is 1. The number of likely N-dealkylation sites (tertiary alicyclic amines) is 1. The quantitative estimate of drug-likeness (QED) is 0.668. The van der Waals surface area contributed by atoms with Crippen LogP contribution in [0.5, 0.6) is 5.75 Å². The van der Waals surface area contributed by atoms with Crippen molar-refractivity contribution >= 4 is 23.5 Å². The van der Waals surface area contributed by atoms with Gasteiger partial charge in [-0.2, -0.15) is 0 Å². The van der Waals surface area contributed by atoms with Crippen LogP contribution in [0.15, 0.2) is 18.2 Å². The molecular weight excluding hydrogens is 360 g/mol. The Kier molecular flexibility index (Phi) is 6.90. The Morgan fingerprint density at radius 1 is 1.21 bits per heavy atom. The molecule has 0 saturated carbocycles. The van der Waals surface area contributed by atoms with E-state index in [1.165, 1.54) is 0 Å². The molecule has 7 nitrogen and oxygen atoms in total. The number of piperidine rings is 1. The van der Waals surface area contributed by atoms with Crippen molar-refractivity contribution in [2.45, 2.75) is 63.8 Å². The number of carbonyl (C=O) groups excluding carboxylic acids is 2. The van der Waals surface area contributed by atoms with Gasteiger partial charge < -0.3 is 20.1 Å². The van der Waals surface area contributed by atoms with Crippen LogP contribution in [0.3, 0.4) is 0 Å². The van der Waals surface area contributed by atoms with Gasteiger partial charge in [-0.25, -0.2) is 0 Å². The number of ether oxygens (including phenoxy) is 1. The summed E-state index contributed by atoms with van der Waals surface area (Å²) in [5, 5.41) is 11.7. The molecule has 2 aliphatic rings. The number of hydrogen-bond acceptors (Lipinski definition) is 4. The Labute approximate surface area is 165 Å². The highest BCUT2D eigenvalue weighted by Gasteiger charge is 2.26. The number of amides is 2. The van der Waals surface area contributed by atoms with E-state index in [4.69, 9.17) is 9.84 Å². The lowest BCUT2D eigenvalue weighted by Crippen LogP contribution is -2.44.